The van der Waals surface area contributed by atoms with Crippen LogP contribution in [0.3, 0.4) is 0 Å². The van der Waals surface area contributed by atoms with E-state index in [0.717, 1.165) is 17.0 Å². The van der Waals surface area contributed by atoms with Gasteiger partial charge in [0.05, 0.1) is 7.11 Å². The molecular formula is C23H22N2O4. The lowest BCUT2D eigenvalue weighted by Crippen LogP contribution is -2.28. The minimum Gasteiger partial charge on any atom is -0.497 e. The number of para-hydroxylation sites is 1. The summed E-state index contributed by atoms with van der Waals surface area (Å²) in [6.45, 7) is 0.302. The molecule has 6 heteroatoms. The molecule has 3 rings (SSSR count). The van der Waals surface area contributed by atoms with Crippen LogP contribution in [0.5, 0.6) is 11.5 Å². The van der Waals surface area contributed by atoms with Crippen molar-refractivity contribution in [2.24, 2.45) is 0 Å². The number of carbonyl (C=O) groups is 2. The molecule has 0 aliphatic heterocycles. The third kappa shape index (κ3) is 6.10. The van der Waals surface area contributed by atoms with Crippen molar-refractivity contribution in [3.8, 4) is 11.5 Å². The molecule has 0 aliphatic carbocycles. The Balaban J connectivity index is 1.44. The Morgan fingerprint density at radius 1 is 0.828 bits per heavy atom. The highest BCUT2D eigenvalue weighted by Crippen LogP contribution is 2.14. The molecule has 0 radical (unpaired) electrons. The molecule has 0 saturated carbocycles. The lowest BCUT2D eigenvalue weighted by molar-refractivity contribution is -0.123. The maximum atomic E-state index is 12.2. The Bertz CT molecular complexity index is 939. The molecular weight excluding hydrogens is 368 g/mol. The summed E-state index contributed by atoms with van der Waals surface area (Å²) in [7, 11) is 1.61. The summed E-state index contributed by atoms with van der Waals surface area (Å²) in [5.41, 5.74) is 2.20. The number of benzene rings is 3. The summed E-state index contributed by atoms with van der Waals surface area (Å²) in [6.07, 6.45) is 0. The van der Waals surface area contributed by atoms with Crippen LogP contribution in [-0.2, 0) is 11.3 Å². The Kier molecular flexibility index (Phi) is 6.84. The van der Waals surface area contributed by atoms with E-state index in [1.54, 1.807) is 31.4 Å². The summed E-state index contributed by atoms with van der Waals surface area (Å²) >= 11 is 0. The number of amides is 2. The highest BCUT2D eigenvalue weighted by atomic mass is 16.5. The quantitative estimate of drug-likeness (QED) is 0.616. The predicted molar refractivity (Wildman–Crippen MR) is 111 cm³/mol. The molecule has 6 nitrogen and oxygen atoms in total. The molecule has 3 aromatic rings. The van der Waals surface area contributed by atoms with Crippen LogP contribution in [-0.4, -0.2) is 25.5 Å². The third-order valence-electron chi connectivity index (χ3n) is 4.17. The van der Waals surface area contributed by atoms with E-state index in [0.29, 0.717) is 17.9 Å². The molecule has 0 aromatic heterocycles. The maximum Gasteiger partial charge on any atom is 0.258 e. The number of methoxy groups -OCH3 is 1. The van der Waals surface area contributed by atoms with Crippen molar-refractivity contribution in [2.75, 3.05) is 19.0 Å². The predicted octanol–water partition coefficient (Wildman–Crippen LogP) is 3.64. The fraction of sp³-hybridized carbons (Fsp3) is 0.130. The largest absolute Gasteiger partial charge is 0.497 e. The van der Waals surface area contributed by atoms with Crippen LogP contribution in [0, 0.1) is 0 Å². The second-order valence-electron chi connectivity index (χ2n) is 6.26. The molecule has 0 fully saturated rings. The summed E-state index contributed by atoms with van der Waals surface area (Å²) < 4.78 is 10.6. The molecule has 0 unspecified atom stereocenters. The van der Waals surface area contributed by atoms with E-state index in [-0.39, 0.29) is 18.4 Å². The van der Waals surface area contributed by atoms with Gasteiger partial charge >= 0.3 is 0 Å². The Morgan fingerprint density at radius 2 is 1.48 bits per heavy atom. The first-order chi connectivity index (χ1) is 14.1. The standard InChI is InChI=1S/C23H22N2O4/c1-28-20-11-7-17(8-12-20)15-24-22(26)16-29-21-13-9-18(10-14-21)23(27)25-19-5-3-2-4-6-19/h2-14H,15-16H2,1H3,(H,24,26)(H,25,27). The van der Waals surface area contributed by atoms with Crippen LogP contribution in [0.25, 0.3) is 0 Å². The zero-order chi connectivity index (χ0) is 20.5. The zero-order valence-corrected chi connectivity index (χ0v) is 16.1. The van der Waals surface area contributed by atoms with Crippen molar-refractivity contribution in [3.05, 3.63) is 90.0 Å². The van der Waals surface area contributed by atoms with E-state index < -0.39 is 0 Å². The van der Waals surface area contributed by atoms with Crippen LogP contribution >= 0.6 is 0 Å². The summed E-state index contributed by atoms with van der Waals surface area (Å²) in [5.74, 6) is 0.844. The molecule has 2 amide bonds. The lowest BCUT2D eigenvalue weighted by Gasteiger charge is -2.09. The fourth-order valence-corrected chi connectivity index (χ4v) is 2.57. The average Bonchev–Trinajstić information content (AvgIpc) is 2.77. The van der Waals surface area contributed by atoms with Crippen molar-refractivity contribution in [1.82, 2.24) is 5.32 Å². The SMILES string of the molecule is COc1ccc(CNC(=O)COc2ccc(C(=O)Nc3ccccc3)cc2)cc1. The second kappa shape index (κ2) is 9.94. The van der Waals surface area contributed by atoms with E-state index in [2.05, 4.69) is 10.6 Å². The molecule has 0 aliphatic rings. The molecule has 2 N–H and O–H groups in total. The van der Waals surface area contributed by atoms with Gasteiger partial charge in [-0.3, -0.25) is 9.59 Å². The number of hydrogen-bond acceptors (Lipinski definition) is 4. The molecule has 148 valence electrons. The minimum atomic E-state index is -0.230. The van der Waals surface area contributed by atoms with Crippen molar-refractivity contribution in [1.29, 1.82) is 0 Å². The number of ether oxygens (including phenoxy) is 2. The van der Waals surface area contributed by atoms with Gasteiger partial charge in [-0.15, -0.1) is 0 Å². The Hall–Kier alpha value is -3.80. The second-order valence-corrected chi connectivity index (χ2v) is 6.26. The first kappa shape index (κ1) is 19.9. The highest BCUT2D eigenvalue weighted by Gasteiger charge is 2.07. The lowest BCUT2D eigenvalue weighted by atomic mass is 10.2. The molecule has 0 atom stereocenters. The van der Waals surface area contributed by atoms with E-state index in [1.807, 2.05) is 54.6 Å². The van der Waals surface area contributed by atoms with E-state index in [4.69, 9.17) is 9.47 Å². The molecule has 0 bridgehead atoms. The van der Waals surface area contributed by atoms with Gasteiger partial charge in [0.2, 0.25) is 0 Å². The van der Waals surface area contributed by atoms with Crippen molar-refractivity contribution in [3.63, 3.8) is 0 Å². The van der Waals surface area contributed by atoms with Crippen molar-refractivity contribution in [2.45, 2.75) is 6.54 Å². The van der Waals surface area contributed by atoms with Crippen molar-refractivity contribution < 1.29 is 19.1 Å². The normalized spacial score (nSPS) is 10.1. The monoisotopic (exact) mass is 390 g/mol. The Labute approximate surface area is 169 Å². The molecule has 0 heterocycles. The summed E-state index contributed by atoms with van der Waals surface area (Å²) in [5, 5.41) is 5.61. The van der Waals surface area contributed by atoms with Gasteiger partial charge in [-0.05, 0) is 54.1 Å². The average molecular weight is 390 g/mol. The number of hydrogen-bond donors (Lipinski definition) is 2. The van der Waals surface area contributed by atoms with Gasteiger partial charge in [-0.25, -0.2) is 0 Å². The van der Waals surface area contributed by atoms with E-state index in [9.17, 15) is 9.59 Å². The third-order valence-corrected chi connectivity index (χ3v) is 4.17. The molecule has 0 spiro atoms. The fourth-order valence-electron chi connectivity index (χ4n) is 2.57. The summed E-state index contributed by atoms with van der Waals surface area (Å²) in [4.78, 5) is 24.2. The highest BCUT2D eigenvalue weighted by molar-refractivity contribution is 6.04. The van der Waals surface area contributed by atoms with Gasteiger partial charge in [0.15, 0.2) is 6.61 Å². The van der Waals surface area contributed by atoms with Crippen LogP contribution in [0.2, 0.25) is 0 Å². The molecule has 0 saturated heterocycles. The molecule has 29 heavy (non-hydrogen) atoms. The van der Waals surface area contributed by atoms with Gasteiger partial charge in [0.1, 0.15) is 11.5 Å². The smallest absolute Gasteiger partial charge is 0.258 e. The minimum absolute atomic E-state index is 0.105. The Morgan fingerprint density at radius 3 is 2.14 bits per heavy atom. The molecule has 3 aromatic carbocycles. The van der Waals surface area contributed by atoms with Crippen molar-refractivity contribution >= 4 is 17.5 Å². The number of rotatable bonds is 8. The first-order valence-electron chi connectivity index (χ1n) is 9.13. The first-order valence-corrected chi connectivity index (χ1v) is 9.13. The van der Waals surface area contributed by atoms with Crippen LogP contribution in [0.1, 0.15) is 15.9 Å². The summed E-state index contributed by atoms with van der Waals surface area (Å²) in [6, 6.07) is 23.3. The van der Waals surface area contributed by atoms with E-state index >= 15 is 0 Å². The van der Waals surface area contributed by atoms with Gasteiger partial charge in [-0.1, -0.05) is 30.3 Å². The van der Waals surface area contributed by atoms with Gasteiger partial charge in [-0.2, -0.15) is 0 Å². The van der Waals surface area contributed by atoms with Gasteiger partial charge in [0, 0.05) is 17.8 Å². The van der Waals surface area contributed by atoms with Crippen LogP contribution in [0.15, 0.2) is 78.9 Å². The number of anilines is 1. The van der Waals surface area contributed by atoms with Gasteiger partial charge in [0.25, 0.3) is 11.8 Å². The van der Waals surface area contributed by atoms with Gasteiger partial charge < -0.3 is 20.1 Å². The van der Waals surface area contributed by atoms with Crippen LogP contribution < -0.4 is 20.1 Å². The van der Waals surface area contributed by atoms with E-state index in [1.165, 1.54) is 0 Å². The van der Waals surface area contributed by atoms with Crippen LogP contribution in [0.4, 0.5) is 5.69 Å². The maximum absolute atomic E-state index is 12.2. The number of carbonyl (C=O) groups excluding carboxylic acids is 2. The number of nitrogens with one attached hydrogen (secondary N) is 2. The zero-order valence-electron chi connectivity index (χ0n) is 16.1. The topological polar surface area (TPSA) is 76.7 Å².